The summed E-state index contributed by atoms with van der Waals surface area (Å²) in [5.41, 5.74) is 0. The van der Waals surface area contributed by atoms with Crippen molar-refractivity contribution in [3.05, 3.63) is 0 Å². The molecule has 0 atom stereocenters. The Morgan fingerprint density at radius 2 is 0.960 bits per heavy atom. The fourth-order valence-electron chi connectivity index (χ4n) is 2.40. The molecule has 0 aromatic heterocycles. The summed E-state index contributed by atoms with van der Waals surface area (Å²) in [6.07, 6.45) is 13.1. The molecule has 0 fully saturated rings. The molecule has 0 amide bonds. The SMILES string of the molecule is CCCCCCCCOCCOCCOCCO[Si]CCCCCC. The van der Waals surface area contributed by atoms with Crippen LogP contribution in [0.2, 0.25) is 6.04 Å². The van der Waals surface area contributed by atoms with E-state index in [0.717, 1.165) is 6.61 Å². The number of ether oxygens (including phenoxy) is 3. The highest BCUT2D eigenvalue weighted by molar-refractivity contribution is 6.26. The van der Waals surface area contributed by atoms with Gasteiger partial charge in [-0.25, -0.2) is 0 Å². The zero-order valence-electron chi connectivity index (χ0n) is 16.9. The Kier molecular flexibility index (Phi) is 24.1. The van der Waals surface area contributed by atoms with Crippen molar-refractivity contribution >= 4 is 9.76 Å². The maximum Gasteiger partial charge on any atom is 0.229 e. The average molecular weight is 375 g/mol. The van der Waals surface area contributed by atoms with Gasteiger partial charge in [-0.05, 0) is 12.5 Å². The van der Waals surface area contributed by atoms with Crippen molar-refractivity contribution < 1.29 is 18.6 Å². The highest BCUT2D eigenvalue weighted by Crippen LogP contribution is 2.04. The first-order valence-electron chi connectivity index (χ1n) is 10.5. The van der Waals surface area contributed by atoms with Crippen molar-refractivity contribution in [2.24, 2.45) is 0 Å². The van der Waals surface area contributed by atoms with Crippen molar-refractivity contribution in [2.75, 3.05) is 46.2 Å². The van der Waals surface area contributed by atoms with E-state index in [9.17, 15) is 0 Å². The highest BCUT2D eigenvalue weighted by atomic mass is 28.2. The summed E-state index contributed by atoms with van der Waals surface area (Å²) in [5.74, 6) is 0. The number of hydrogen-bond donors (Lipinski definition) is 0. The molecule has 25 heavy (non-hydrogen) atoms. The molecule has 0 aromatic carbocycles. The van der Waals surface area contributed by atoms with Gasteiger partial charge in [0.1, 0.15) is 0 Å². The van der Waals surface area contributed by atoms with E-state index in [4.69, 9.17) is 18.6 Å². The Labute approximate surface area is 159 Å². The van der Waals surface area contributed by atoms with Crippen LogP contribution in [-0.2, 0) is 18.6 Å². The smallest absolute Gasteiger partial charge is 0.229 e. The van der Waals surface area contributed by atoms with Crippen LogP contribution in [0.5, 0.6) is 0 Å². The molecule has 0 unspecified atom stereocenters. The van der Waals surface area contributed by atoms with Crippen molar-refractivity contribution in [1.82, 2.24) is 0 Å². The first-order valence-corrected chi connectivity index (χ1v) is 11.6. The number of rotatable bonds is 22. The van der Waals surface area contributed by atoms with Crippen molar-refractivity contribution in [1.29, 1.82) is 0 Å². The largest absolute Gasteiger partial charge is 0.415 e. The first-order chi connectivity index (χ1) is 12.4. The molecule has 0 aliphatic rings. The van der Waals surface area contributed by atoms with Gasteiger partial charge in [0.25, 0.3) is 0 Å². The lowest BCUT2D eigenvalue weighted by Crippen LogP contribution is -2.12. The third-order valence-electron chi connectivity index (χ3n) is 3.95. The zero-order chi connectivity index (χ0) is 18.3. The molecule has 150 valence electrons. The van der Waals surface area contributed by atoms with Crippen molar-refractivity contribution in [3.63, 3.8) is 0 Å². The summed E-state index contributed by atoms with van der Waals surface area (Å²) < 4.78 is 22.1. The molecule has 0 bridgehead atoms. The fourth-order valence-corrected chi connectivity index (χ4v) is 3.16. The lowest BCUT2D eigenvalue weighted by atomic mass is 10.1. The van der Waals surface area contributed by atoms with Crippen LogP contribution in [0, 0.1) is 0 Å². The second kappa shape index (κ2) is 24.1. The van der Waals surface area contributed by atoms with Crippen LogP contribution in [-0.4, -0.2) is 56.0 Å². The van der Waals surface area contributed by atoms with Gasteiger partial charge in [-0.3, -0.25) is 0 Å². The van der Waals surface area contributed by atoms with Crippen LogP contribution < -0.4 is 0 Å². The van der Waals surface area contributed by atoms with Crippen LogP contribution in [0.15, 0.2) is 0 Å². The Bertz CT molecular complexity index is 208. The van der Waals surface area contributed by atoms with E-state index in [1.165, 1.54) is 70.3 Å². The molecule has 0 spiro atoms. The molecule has 0 saturated carbocycles. The molecule has 0 aliphatic carbocycles. The molecule has 0 N–H and O–H groups in total. The Hall–Kier alpha value is 0.0569. The molecule has 0 saturated heterocycles. The van der Waals surface area contributed by atoms with Crippen LogP contribution in [0.3, 0.4) is 0 Å². The summed E-state index contributed by atoms with van der Waals surface area (Å²) in [5, 5.41) is 0. The summed E-state index contributed by atoms with van der Waals surface area (Å²) in [6, 6.07) is 1.20. The summed E-state index contributed by atoms with van der Waals surface area (Å²) in [4.78, 5) is 0. The minimum atomic E-state index is 0.627. The Morgan fingerprint density at radius 3 is 1.60 bits per heavy atom. The molecule has 0 aliphatic heterocycles. The van der Waals surface area contributed by atoms with E-state index in [1.54, 1.807) is 0 Å². The van der Waals surface area contributed by atoms with Crippen LogP contribution >= 0.6 is 0 Å². The van der Waals surface area contributed by atoms with E-state index in [2.05, 4.69) is 13.8 Å². The number of unbranched alkanes of at least 4 members (excludes halogenated alkanes) is 8. The van der Waals surface area contributed by atoms with Crippen LogP contribution in [0.1, 0.15) is 78.1 Å². The van der Waals surface area contributed by atoms with Gasteiger partial charge in [0.2, 0.25) is 9.76 Å². The van der Waals surface area contributed by atoms with E-state index in [1.807, 2.05) is 0 Å². The summed E-state index contributed by atoms with van der Waals surface area (Å²) in [6.45, 7) is 9.35. The van der Waals surface area contributed by atoms with Gasteiger partial charge >= 0.3 is 0 Å². The Morgan fingerprint density at radius 1 is 0.480 bits per heavy atom. The molecule has 0 heterocycles. The minimum Gasteiger partial charge on any atom is -0.415 e. The molecule has 0 aromatic rings. The van der Waals surface area contributed by atoms with Crippen LogP contribution in [0.4, 0.5) is 0 Å². The van der Waals surface area contributed by atoms with E-state index in [0.29, 0.717) is 49.4 Å². The number of hydrogen-bond acceptors (Lipinski definition) is 4. The molecular weight excluding hydrogens is 332 g/mol. The van der Waals surface area contributed by atoms with Gasteiger partial charge in [-0.15, -0.1) is 0 Å². The lowest BCUT2D eigenvalue weighted by Gasteiger charge is -2.07. The van der Waals surface area contributed by atoms with E-state index >= 15 is 0 Å². The predicted molar refractivity (Wildman–Crippen MR) is 106 cm³/mol. The summed E-state index contributed by atoms with van der Waals surface area (Å²) in [7, 11) is 0.627. The van der Waals surface area contributed by atoms with Gasteiger partial charge in [-0.2, -0.15) is 0 Å². The average Bonchev–Trinajstić information content (AvgIpc) is 2.63. The maximum atomic E-state index is 5.57. The second-order valence-electron chi connectivity index (χ2n) is 6.41. The topological polar surface area (TPSA) is 36.9 Å². The van der Waals surface area contributed by atoms with Gasteiger partial charge in [0.05, 0.1) is 39.6 Å². The predicted octanol–water partition coefficient (Wildman–Crippen LogP) is 5.03. The zero-order valence-corrected chi connectivity index (χ0v) is 17.9. The van der Waals surface area contributed by atoms with Gasteiger partial charge < -0.3 is 18.6 Å². The monoisotopic (exact) mass is 374 g/mol. The van der Waals surface area contributed by atoms with Gasteiger partial charge in [0, 0.05) is 6.61 Å². The normalized spacial score (nSPS) is 11.3. The lowest BCUT2D eigenvalue weighted by molar-refractivity contribution is 0.00891. The molecule has 2 radical (unpaired) electrons. The Balaban J connectivity index is 2.94. The van der Waals surface area contributed by atoms with Crippen molar-refractivity contribution in [2.45, 2.75) is 84.1 Å². The molecule has 4 nitrogen and oxygen atoms in total. The quantitative estimate of drug-likeness (QED) is 0.197. The van der Waals surface area contributed by atoms with Crippen molar-refractivity contribution in [3.8, 4) is 0 Å². The highest BCUT2D eigenvalue weighted by Gasteiger charge is 1.95. The maximum absolute atomic E-state index is 5.57. The van der Waals surface area contributed by atoms with Gasteiger partial charge in [-0.1, -0.05) is 71.6 Å². The molecular formula is C20H42O4Si. The standard InChI is InChI=1S/C20H42O4Si/c1-3-5-7-9-10-11-13-21-14-15-22-16-17-23-18-19-24-25-20-12-8-6-4-2/h3-20H2,1-2H3. The summed E-state index contributed by atoms with van der Waals surface area (Å²) >= 11 is 0. The first kappa shape index (κ1) is 25.1. The van der Waals surface area contributed by atoms with Gasteiger partial charge in [0.15, 0.2) is 0 Å². The van der Waals surface area contributed by atoms with Crippen LogP contribution in [0.25, 0.3) is 0 Å². The fraction of sp³-hybridized carbons (Fsp3) is 1.00. The minimum absolute atomic E-state index is 0.627. The molecule has 0 rings (SSSR count). The second-order valence-corrected chi connectivity index (χ2v) is 7.49. The van der Waals surface area contributed by atoms with E-state index < -0.39 is 0 Å². The third-order valence-corrected chi connectivity index (χ3v) is 4.92. The molecule has 5 heteroatoms. The van der Waals surface area contributed by atoms with E-state index in [-0.39, 0.29) is 0 Å². The third kappa shape index (κ3) is 24.1.